The van der Waals surface area contributed by atoms with Crippen molar-refractivity contribution in [2.45, 2.75) is 76.5 Å². The first-order chi connectivity index (χ1) is 15.5. The number of hydrogen-bond donors (Lipinski definition) is 2. The Morgan fingerprint density at radius 2 is 2.09 bits per heavy atom. The van der Waals surface area contributed by atoms with Crippen molar-refractivity contribution in [2.75, 3.05) is 19.0 Å². The molecular formula is C24H34N6O2. The lowest BCUT2D eigenvalue weighted by molar-refractivity contribution is 0.0704. The van der Waals surface area contributed by atoms with Crippen LogP contribution in [-0.4, -0.2) is 55.3 Å². The number of nitrogens with zero attached hydrogens (tertiary/aromatic N) is 5. The normalized spacial score (nSPS) is 25.1. The molecule has 2 saturated carbocycles. The second-order valence-corrected chi connectivity index (χ2v) is 9.71. The first-order valence-electron chi connectivity index (χ1n) is 11.9. The number of aliphatic hydroxyl groups is 1. The van der Waals surface area contributed by atoms with Crippen molar-refractivity contribution in [1.82, 2.24) is 24.4 Å². The molecule has 8 nitrogen and oxygen atoms in total. The number of hydrogen-bond acceptors (Lipinski definition) is 6. The van der Waals surface area contributed by atoms with Gasteiger partial charge in [0.25, 0.3) is 0 Å². The van der Waals surface area contributed by atoms with Gasteiger partial charge in [0, 0.05) is 42.1 Å². The minimum absolute atomic E-state index is 0.112. The molecule has 0 amide bonds. The third-order valence-corrected chi connectivity index (χ3v) is 7.24. The fourth-order valence-corrected chi connectivity index (χ4v) is 5.09. The molecule has 2 fully saturated rings. The third-order valence-electron chi connectivity index (χ3n) is 7.24. The average molecular weight is 439 g/mol. The number of nitrogens with one attached hydrogen (secondary N) is 1. The molecule has 0 aromatic carbocycles. The Morgan fingerprint density at radius 1 is 1.25 bits per heavy atom. The summed E-state index contributed by atoms with van der Waals surface area (Å²) >= 11 is 0. The molecule has 32 heavy (non-hydrogen) atoms. The molecule has 2 aliphatic rings. The number of aromatic nitrogens is 5. The topological polar surface area (TPSA) is 89.5 Å². The van der Waals surface area contributed by atoms with Crippen LogP contribution in [0.5, 0.6) is 0 Å². The maximum absolute atomic E-state index is 10.3. The van der Waals surface area contributed by atoms with E-state index >= 15 is 0 Å². The molecule has 2 aliphatic carbocycles. The van der Waals surface area contributed by atoms with Gasteiger partial charge in [0.1, 0.15) is 0 Å². The molecule has 2 N–H and O–H groups in total. The summed E-state index contributed by atoms with van der Waals surface area (Å²) in [5, 5.41) is 23.1. The van der Waals surface area contributed by atoms with E-state index in [1.807, 2.05) is 12.4 Å². The molecule has 0 radical (unpaired) electrons. The Bertz CT molecular complexity index is 1070. The van der Waals surface area contributed by atoms with E-state index in [9.17, 15) is 5.11 Å². The molecule has 0 saturated heterocycles. The number of methoxy groups -OCH3 is 1. The quantitative estimate of drug-likeness (QED) is 0.579. The summed E-state index contributed by atoms with van der Waals surface area (Å²) in [6.45, 7) is 4.78. The van der Waals surface area contributed by atoms with Crippen LogP contribution in [-0.2, 0) is 4.74 Å². The minimum atomic E-state index is -0.209. The van der Waals surface area contributed by atoms with Crippen molar-refractivity contribution >= 4 is 11.5 Å². The minimum Gasteiger partial charge on any atom is -0.393 e. The van der Waals surface area contributed by atoms with Gasteiger partial charge in [-0.15, -0.1) is 5.10 Å². The van der Waals surface area contributed by atoms with Crippen LogP contribution in [0.25, 0.3) is 16.6 Å². The van der Waals surface area contributed by atoms with Gasteiger partial charge in [0.15, 0.2) is 0 Å². The predicted molar refractivity (Wildman–Crippen MR) is 124 cm³/mol. The molecule has 3 aromatic rings. The molecule has 8 heteroatoms. The second kappa shape index (κ2) is 8.83. The van der Waals surface area contributed by atoms with E-state index in [-0.39, 0.29) is 18.1 Å². The van der Waals surface area contributed by atoms with E-state index in [0.717, 1.165) is 35.9 Å². The molecule has 172 valence electrons. The molecule has 0 unspecified atom stereocenters. The fourth-order valence-electron chi connectivity index (χ4n) is 5.09. The van der Waals surface area contributed by atoms with Crippen LogP contribution in [0.1, 0.15) is 70.0 Å². The second-order valence-electron chi connectivity index (χ2n) is 9.71. The van der Waals surface area contributed by atoms with E-state index in [1.54, 1.807) is 7.11 Å². The van der Waals surface area contributed by atoms with Crippen LogP contribution in [0.4, 0.5) is 5.95 Å². The monoisotopic (exact) mass is 438 g/mol. The molecule has 3 heterocycles. The van der Waals surface area contributed by atoms with Gasteiger partial charge in [-0.3, -0.25) is 4.68 Å². The van der Waals surface area contributed by atoms with Crippen molar-refractivity contribution in [1.29, 1.82) is 0 Å². The van der Waals surface area contributed by atoms with Crippen LogP contribution >= 0.6 is 0 Å². The van der Waals surface area contributed by atoms with Gasteiger partial charge in [-0.2, -0.15) is 5.10 Å². The third kappa shape index (κ3) is 4.01. The SMILES string of the molecule is COC[C@H](C)Nc1ncc2c(-c3cnn(C4CCC4)c3)cc([C@@H]3CC[C@H](O)[C@@H](C)C3)n2n1. The number of fused-ring (bicyclic) bond motifs is 1. The van der Waals surface area contributed by atoms with Crippen LogP contribution in [0.2, 0.25) is 0 Å². The molecule has 0 spiro atoms. The smallest absolute Gasteiger partial charge is 0.241 e. The summed E-state index contributed by atoms with van der Waals surface area (Å²) in [5.41, 5.74) is 4.43. The van der Waals surface area contributed by atoms with Crippen LogP contribution in [0.15, 0.2) is 24.7 Å². The highest BCUT2D eigenvalue weighted by Gasteiger charge is 2.30. The summed E-state index contributed by atoms with van der Waals surface area (Å²) in [4.78, 5) is 4.60. The number of ether oxygens (including phenoxy) is 1. The fraction of sp³-hybridized carbons (Fsp3) is 0.625. The van der Waals surface area contributed by atoms with Crippen molar-refractivity contribution in [3.63, 3.8) is 0 Å². The summed E-state index contributed by atoms with van der Waals surface area (Å²) in [6.07, 6.45) is 12.3. The van der Waals surface area contributed by atoms with Crippen LogP contribution in [0.3, 0.4) is 0 Å². The number of anilines is 1. The maximum Gasteiger partial charge on any atom is 0.241 e. The zero-order valence-electron chi connectivity index (χ0n) is 19.2. The van der Waals surface area contributed by atoms with Crippen molar-refractivity contribution in [3.8, 4) is 11.1 Å². The van der Waals surface area contributed by atoms with E-state index in [2.05, 4.69) is 50.7 Å². The van der Waals surface area contributed by atoms with Gasteiger partial charge in [-0.1, -0.05) is 6.92 Å². The molecule has 4 atom stereocenters. The van der Waals surface area contributed by atoms with Gasteiger partial charge in [-0.05, 0) is 57.4 Å². The lowest BCUT2D eigenvalue weighted by atomic mass is 9.79. The van der Waals surface area contributed by atoms with Gasteiger partial charge in [0.05, 0.1) is 36.7 Å². The molecule has 0 bridgehead atoms. The van der Waals surface area contributed by atoms with Crippen molar-refractivity contribution in [3.05, 3.63) is 30.4 Å². The predicted octanol–water partition coefficient (Wildman–Crippen LogP) is 4.03. The van der Waals surface area contributed by atoms with Crippen LogP contribution in [0, 0.1) is 5.92 Å². The van der Waals surface area contributed by atoms with Crippen molar-refractivity contribution < 1.29 is 9.84 Å². The Labute approximate surface area is 189 Å². The van der Waals surface area contributed by atoms with E-state index in [1.165, 1.54) is 25.0 Å². The van der Waals surface area contributed by atoms with Crippen LogP contribution < -0.4 is 5.32 Å². The summed E-state index contributed by atoms with van der Waals surface area (Å²) < 4.78 is 9.41. The van der Waals surface area contributed by atoms with Gasteiger partial charge < -0.3 is 15.2 Å². The molecule has 3 aromatic heterocycles. The van der Waals surface area contributed by atoms with Gasteiger partial charge >= 0.3 is 0 Å². The summed E-state index contributed by atoms with van der Waals surface area (Å²) in [7, 11) is 1.70. The highest BCUT2D eigenvalue weighted by atomic mass is 16.5. The number of aliphatic hydroxyl groups excluding tert-OH is 1. The van der Waals surface area contributed by atoms with E-state index < -0.39 is 0 Å². The highest BCUT2D eigenvalue weighted by molar-refractivity contribution is 5.81. The van der Waals surface area contributed by atoms with Gasteiger partial charge in [0.2, 0.25) is 5.95 Å². The lowest BCUT2D eigenvalue weighted by Gasteiger charge is -2.30. The van der Waals surface area contributed by atoms with Crippen molar-refractivity contribution in [2.24, 2.45) is 5.92 Å². The standard InChI is InChI=1S/C24H34N6O2/c1-15-9-17(7-8-23(15)31)21-10-20(18-11-26-29(13-18)19-5-4-6-19)22-12-25-24(28-30(21)22)27-16(2)14-32-3/h10-13,15-17,19,23,31H,4-9,14H2,1-3H3,(H,27,28)/t15-,16-,17+,23-/m0/s1. The summed E-state index contributed by atoms with van der Waals surface area (Å²) in [6, 6.07) is 2.91. The average Bonchev–Trinajstić information content (AvgIpc) is 3.34. The Morgan fingerprint density at radius 3 is 2.81 bits per heavy atom. The number of rotatable bonds is 7. The van der Waals surface area contributed by atoms with Gasteiger partial charge in [-0.25, -0.2) is 9.50 Å². The first-order valence-corrected chi connectivity index (χ1v) is 11.9. The maximum atomic E-state index is 10.3. The summed E-state index contributed by atoms with van der Waals surface area (Å²) in [5.74, 6) is 1.24. The lowest BCUT2D eigenvalue weighted by Crippen LogP contribution is -2.27. The molecular weight excluding hydrogens is 404 g/mol. The van der Waals surface area contributed by atoms with E-state index in [4.69, 9.17) is 9.84 Å². The first kappa shape index (κ1) is 21.4. The Kier molecular flexibility index (Phi) is 5.90. The molecule has 0 aliphatic heterocycles. The Balaban J connectivity index is 1.54. The Hall–Kier alpha value is -2.45. The highest BCUT2D eigenvalue weighted by Crippen LogP contribution is 2.40. The molecule has 5 rings (SSSR count). The zero-order valence-corrected chi connectivity index (χ0v) is 19.2. The zero-order chi connectivity index (χ0) is 22.2. The van der Waals surface area contributed by atoms with E-state index in [0.29, 0.717) is 24.5 Å². The largest absolute Gasteiger partial charge is 0.393 e.